The average Bonchev–Trinajstić information content (AvgIpc) is 2.37. The zero-order valence-electron chi connectivity index (χ0n) is 12.3. The first-order valence-electron chi connectivity index (χ1n) is 7.52. The van der Waals surface area contributed by atoms with Crippen LogP contribution in [-0.2, 0) is 6.54 Å². The molecule has 0 bridgehead atoms. The lowest BCUT2D eigenvalue weighted by atomic mass is 10.1. The Hall–Kier alpha value is -0.820. The summed E-state index contributed by atoms with van der Waals surface area (Å²) in [5, 5.41) is 3.63. The maximum Gasteiger partial charge on any atom is 0.0210 e. The predicted octanol–water partition coefficient (Wildman–Crippen LogP) is 4.83. The normalized spacial score (nSPS) is 12.6. The Labute approximate surface area is 113 Å². The molecule has 1 nitrogen and oxygen atoms in total. The van der Waals surface area contributed by atoms with Gasteiger partial charge in [-0.3, -0.25) is 0 Å². The number of nitrogens with one attached hydrogen (secondary N) is 1. The van der Waals surface area contributed by atoms with Gasteiger partial charge in [-0.25, -0.2) is 0 Å². The minimum Gasteiger partial charge on any atom is -0.310 e. The summed E-state index contributed by atoms with van der Waals surface area (Å²) in [5.41, 5.74) is 2.82. The second kappa shape index (κ2) is 9.16. The van der Waals surface area contributed by atoms with Gasteiger partial charge in [0, 0.05) is 12.6 Å². The van der Waals surface area contributed by atoms with Crippen LogP contribution in [-0.4, -0.2) is 6.04 Å². The van der Waals surface area contributed by atoms with E-state index in [0.717, 1.165) is 6.54 Å². The number of benzene rings is 1. The third kappa shape index (κ3) is 6.20. The number of unbranched alkanes of at least 4 members (excludes halogenated alkanes) is 4. The monoisotopic (exact) mass is 247 g/mol. The summed E-state index contributed by atoms with van der Waals surface area (Å²) in [7, 11) is 0. The Kier molecular flexibility index (Phi) is 7.75. The fourth-order valence-electron chi connectivity index (χ4n) is 2.25. The molecule has 0 radical (unpaired) electrons. The molecule has 1 aromatic carbocycles. The first-order valence-corrected chi connectivity index (χ1v) is 7.52. The molecule has 1 aromatic rings. The summed E-state index contributed by atoms with van der Waals surface area (Å²) in [6.45, 7) is 7.76. The van der Waals surface area contributed by atoms with Crippen molar-refractivity contribution >= 4 is 0 Å². The highest BCUT2D eigenvalue weighted by Crippen LogP contribution is 2.09. The van der Waals surface area contributed by atoms with Gasteiger partial charge in [0.05, 0.1) is 0 Å². The highest BCUT2D eigenvalue weighted by Gasteiger charge is 2.02. The molecule has 0 aromatic heterocycles. The van der Waals surface area contributed by atoms with Crippen molar-refractivity contribution in [2.45, 2.75) is 71.9 Å². The molecule has 0 aliphatic rings. The van der Waals surface area contributed by atoms with Crippen LogP contribution in [0.4, 0.5) is 0 Å². The predicted molar refractivity (Wildman–Crippen MR) is 80.9 cm³/mol. The molecule has 0 saturated carbocycles. The smallest absolute Gasteiger partial charge is 0.0210 e. The first kappa shape index (κ1) is 15.2. The van der Waals surface area contributed by atoms with E-state index in [1.54, 1.807) is 0 Å². The van der Waals surface area contributed by atoms with Crippen molar-refractivity contribution in [1.29, 1.82) is 0 Å². The van der Waals surface area contributed by atoms with E-state index in [9.17, 15) is 0 Å². The standard InChI is InChI=1S/C17H29N/c1-4-5-6-7-8-12-16(3)18-14-17-13-10-9-11-15(17)2/h9-11,13,16,18H,4-8,12,14H2,1-3H3. The van der Waals surface area contributed by atoms with E-state index in [2.05, 4.69) is 50.4 Å². The quantitative estimate of drug-likeness (QED) is 0.616. The molecular formula is C17H29N. The number of hydrogen-bond donors (Lipinski definition) is 1. The van der Waals surface area contributed by atoms with Gasteiger partial charge in [-0.05, 0) is 31.4 Å². The zero-order chi connectivity index (χ0) is 13.2. The maximum absolute atomic E-state index is 3.63. The van der Waals surface area contributed by atoms with Gasteiger partial charge >= 0.3 is 0 Å². The molecule has 0 spiro atoms. The Morgan fingerprint density at radius 2 is 1.78 bits per heavy atom. The van der Waals surface area contributed by atoms with Crippen molar-refractivity contribution in [2.24, 2.45) is 0 Å². The van der Waals surface area contributed by atoms with E-state index in [-0.39, 0.29) is 0 Å². The lowest BCUT2D eigenvalue weighted by Gasteiger charge is -2.14. The molecule has 1 atom stereocenters. The molecule has 1 unspecified atom stereocenters. The van der Waals surface area contributed by atoms with Crippen LogP contribution in [0.2, 0.25) is 0 Å². The summed E-state index contributed by atoms with van der Waals surface area (Å²) in [5.74, 6) is 0. The lowest BCUT2D eigenvalue weighted by Crippen LogP contribution is -2.25. The summed E-state index contributed by atoms with van der Waals surface area (Å²) in [6.07, 6.45) is 8.19. The summed E-state index contributed by atoms with van der Waals surface area (Å²) >= 11 is 0. The summed E-state index contributed by atoms with van der Waals surface area (Å²) < 4.78 is 0. The number of rotatable bonds is 9. The Morgan fingerprint density at radius 3 is 2.50 bits per heavy atom. The third-order valence-corrected chi connectivity index (χ3v) is 3.64. The molecule has 18 heavy (non-hydrogen) atoms. The lowest BCUT2D eigenvalue weighted by molar-refractivity contribution is 0.479. The molecule has 0 saturated heterocycles. The Bertz CT molecular complexity index is 319. The highest BCUT2D eigenvalue weighted by atomic mass is 14.9. The van der Waals surface area contributed by atoms with Gasteiger partial charge in [0.25, 0.3) is 0 Å². The fraction of sp³-hybridized carbons (Fsp3) is 0.647. The van der Waals surface area contributed by atoms with Crippen LogP contribution >= 0.6 is 0 Å². The molecule has 1 N–H and O–H groups in total. The summed E-state index contributed by atoms with van der Waals surface area (Å²) in [6, 6.07) is 9.27. The Morgan fingerprint density at radius 1 is 1.06 bits per heavy atom. The zero-order valence-corrected chi connectivity index (χ0v) is 12.3. The van der Waals surface area contributed by atoms with Crippen LogP contribution in [0.1, 0.15) is 63.5 Å². The van der Waals surface area contributed by atoms with E-state index in [4.69, 9.17) is 0 Å². The van der Waals surface area contributed by atoms with Crippen LogP contribution in [0.15, 0.2) is 24.3 Å². The minimum atomic E-state index is 0.631. The van der Waals surface area contributed by atoms with Crippen LogP contribution < -0.4 is 5.32 Å². The number of hydrogen-bond acceptors (Lipinski definition) is 1. The van der Waals surface area contributed by atoms with Crippen molar-refractivity contribution in [3.05, 3.63) is 35.4 Å². The van der Waals surface area contributed by atoms with Crippen LogP contribution in [0.5, 0.6) is 0 Å². The molecule has 0 fully saturated rings. The largest absolute Gasteiger partial charge is 0.310 e. The highest BCUT2D eigenvalue weighted by molar-refractivity contribution is 5.25. The van der Waals surface area contributed by atoms with Gasteiger partial charge in [0.2, 0.25) is 0 Å². The van der Waals surface area contributed by atoms with E-state index < -0.39 is 0 Å². The van der Waals surface area contributed by atoms with Crippen LogP contribution in [0.3, 0.4) is 0 Å². The second-order valence-corrected chi connectivity index (χ2v) is 5.41. The molecule has 102 valence electrons. The van der Waals surface area contributed by atoms with Crippen LogP contribution in [0, 0.1) is 6.92 Å². The summed E-state index contributed by atoms with van der Waals surface area (Å²) in [4.78, 5) is 0. The van der Waals surface area contributed by atoms with Crippen molar-refractivity contribution in [3.63, 3.8) is 0 Å². The average molecular weight is 247 g/mol. The van der Waals surface area contributed by atoms with Gasteiger partial charge in [-0.2, -0.15) is 0 Å². The minimum absolute atomic E-state index is 0.631. The number of aryl methyl sites for hydroxylation is 1. The second-order valence-electron chi connectivity index (χ2n) is 5.41. The van der Waals surface area contributed by atoms with Gasteiger partial charge in [-0.1, -0.05) is 63.3 Å². The molecular weight excluding hydrogens is 218 g/mol. The molecule has 1 rings (SSSR count). The van der Waals surface area contributed by atoms with Gasteiger partial charge in [0.1, 0.15) is 0 Å². The van der Waals surface area contributed by atoms with Crippen LogP contribution in [0.25, 0.3) is 0 Å². The maximum atomic E-state index is 3.63. The molecule has 1 heteroatoms. The van der Waals surface area contributed by atoms with E-state index in [1.807, 2.05) is 0 Å². The van der Waals surface area contributed by atoms with E-state index in [0.29, 0.717) is 6.04 Å². The molecule has 0 amide bonds. The Balaban J connectivity index is 2.13. The molecule has 0 aliphatic carbocycles. The van der Waals surface area contributed by atoms with E-state index in [1.165, 1.54) is 49.7 Å². The SMILES string of the molecule is CCCCCCCC(C)NCc1ccccc1C. The van der Waals surface area contributed by atoms with Crippen molar-refractivity contribution in [1.82, 2.24) is 5.32 Å². The van der Waals surface area contributed by atoms with Gasteiger partial charge in [0.15, 0.2) is 0 Å². The van der Waals surface area contributed by atoms with Gasteiger partial charge < -0.3 is 5.32 Å². The fourth-order valence-corrected chi connectivity index (χ4v) is 2.25. The van der Waals surface area contributed by atoms with E-state index >= 15 is 0 Å². The van der Waals surface area contributed by atoms with Crippen molar-refractivity contribution < 1.29 is 0 Å². The molecule has 0 heterocycles. The topological polar surface area (TPSA) is 12.0 Å². The first-order chi connectivity index (χ1) is 8.74. The molecule has 0 aliphatic heterocycles. The van der Waals surface area contributed by atoms with Gasteiger partial charge in [-0.15, -0.1) is 0 Å². The van der Waals surface area contributed by atoms with Crippen molar-refractivity contribution in [2.75, 3.05) is 0 Å². The third-order valence-electron chi connectivity index (χ3n) is 3.64. The van der Waals surface area contributed by atoms with Crippen molar-refractivity contribution in [3.8, 4) is 0 Å².